The highest BCUT2D eigenvalue weighted by molar-refractivity contribution is 5.58. The van der Waals surface area contributed by atoms with E-state index in [-0.39, 0.29) is 0 Å². The SMILES string of the molecule is CCNCC(COC)N1CCc2ccccc21. The number of nitrogens with one attached hydrogen (secondary N) is 1. The van der Waals surface area contributed by atoms with Crippen LogP contribution < -0.4 is 10.2 Å². The van der Waals surface area contributed by atoms with Crippen molar-refractivity contribution < 1.29 is 4.74 Å². The molecule has 1 unspecified atom stereocenters. The number of para-hydroxylation sites is 1. The van der Waals surface area contributed by atoms with Gasteiger partial charge in [0.05, 0.1) is 12.6 Å². The van der Waals surface area contributed by atoms with Crippen molar-refractivity contribution >= 4 is 5.69 Å². The second-order valence-corrected chi connectivity index (χ2v) is 4.49. The van der Waals surface area contributed by atoms with Crippen LogP contribution in [0.1, 0.15) is 12.5 Å². The summed E-state index contributed by atoms with van der Waals surface area (Å²) in [5, 5.41) is 3.42. The van der Waals surface area contributed by atoms with Gasteiger partial charge < -0.3 is 15.0 Å². The van der Waals surface area contributed by atoms with Crippen molar-refractivity contribution in [2.45, 2.75) is 19.4 Å². The van der Waals surface area contributed by atoms with Gasteiger partial charge in [-0.15, -0.1) is 0 Å². The average molecular weight is 234 g/mol. The number of hydrogen-bond acceptors (Lipinski definition) is 3. The quantitative estimate of drug-likeness (QED) is 0.810. The second kappa shape index (κ2) is 6.03. The van der Waals surface area contributed by atoms with Crippen LogP contribution >= 0.6 is 0 Å². The number of rotatable bonds is 6. The Morgan fingerprint density at radius 3 is 3.00 bits per heavy atom. The van der Waals surface area contributed by atoms with Crippen LogP contribution in [-0.4, -0.2) is 39.4 Å². The van der Waals surface area contributed by atoms with E-state index in [2.05, 4.69) is 41.4 Å². The van der Waals surface area contributed by atoms with E-state index >= 15 is 0 Å². The van der Waals surface area contributed by atoms with Gasteiger partial charge in [-0.2, -0.15) is 0 Å². The first-order chi connectivity index (χ1) is 8.36. The normalized spacial score (nSPS) is 16.0. The maximum Gasteiger partial charge on any atom is 0.0678 e. The molecule has 0 aliphatic carbocycles. The highest BCUT2D eigenvalue weighted by Crippen LogP contribution is 2.29. The minimum Gasteiger partial charge on any atom is -0.383 e. The first-order valence-electron chi connectivity index (χ1n) is 6.41. The standard InChI is InChI=1S/C14H22N2O/c1-3-15-10-13(11-17-2)16-9-8-12-6-4-5-7-14(12)16/h4-7,13,15H,3,8-11H2,1-2H3. The minimum absolute atomic E-state index is 0.434. The Balaban J connectivity index is 2.09. The molecule has 0 aromatic heterocycles. The molecule has 94 valence electrons. The van der Waals surface area contributed by atoms with Crippen LogP contribution in [0, 0.1) is 0 Å². The van der Waals surface area contributed by atoms with E-state index in [0.29, 0.717) is 6.04 Å². The van der Waals surface area contributed by atoms with Gasteiger partial charge in [-0.05, 0) is 24.6 Å². The Morgan fingerprint density at radius 1 is 1.41 bits per heavy atom. The molecule has 0 saturated carbocycles. The minimum atomic E-state index is 0.434. The zero-order valence-corrected chi connectivity index (χ0v) is 10.8. The lowest BCUT2D eigenvalue weighted by Crippen LogP contribution is -2.44. The Hall–Kier alpha value is -1.06. The highest BCUT2D eigenvalue weighted by atomic mass is 16.5. The van der Waals surface area contributed by atoms with Crippen molar-refractivity contribution in [1.82, 2.24) is 5.32 Å². The molecule has 1 aromatic carbocycles. The number of hydrogen-bond donors (Lipinski definition) is 1. The van der Waals surface area contributed by atoms with E-state index in [1.165, 1.54) is 11.3 Å². The zero-order chi connectivity index (χ0) is 12.1. The van der Waals surface area contributed by atoms with Gasteiger partial charge in [-0.1, -0.05) is 25.1 Å². The van der Waals surface area contributed by atoms with Crippen molar-refractivity contribution in [3.63, 3.8) is 0 Å². The summed E-state index contributed by atoms with van der Waals surface area (Å²) in [7, 11) is 1.78. The van der Waals surface area contributed by atoms with E-state index in [0.717, 1.165) is 32.7 Å². The van der Waals surface area contributed by atoms with Gasteiger partial charge in [0.25, 0.3) is 0 Å². The first-order valence-corrected chi connectivity index (χ1v) is 6.41. The number of likely N-dealkylation sites (N-methyl/N-ethyl adjacent to an activating group) is 1. The predicted octanol–water partition coefficient (Wildman–Crippen LogP) is 1.67. The first kappa shape index (κ1) is 12.4. The van der Waals surface area contributed by atoms with Crippen molar-refractivity contribution in [2.75, 3.05) is 38.3 Å². The summed E-state index contributed by atoms with van der Waals surface area (Å²) >= 11 is 0. The molecule has 0 fully saturated rings. The molecule has 0 saturated heterocycles. The number of fused-ring (bicyclic) bond motifs is 1. The molecule has 2 rings (SSSR count). The molecule has 3 heteroatoms. The van der Waals surface area contributed by atoms with E-state index < -0.39 is 0 Å². The molecule has 0 spiro atoms. The molecule has 1 aromatic rings. The van der Waals surface area contributed by atoms with Gasteiger partial charge in [0.1, 0.15) is 0 Å². The molecule has 17 heavy (non-hydrogen) atoms. The topological polar surface area (TPSA) is 24.5 Å². The fraction of sp³-hybridized carbons (Fsp3) is 0.571. The predicted molar refractivity (Wildman–Crippen MR) is 71.7 cm³/mol. The van der Waals surface area contributed by atoms with Crippen LogP contribution in [-0.2, 0) is 11.2 Å². The van der Waals surface area contributed by atoms with Crippen LogP contribution in [0.3, 0.4) is 0 Å². The fourth-order valence-corrected chi connectivity index (χ4v) is 2.51. The van der Waals surface area contributed by atoms with E-state index in [4.69, 9.17) is 4.74 Å². The summed E-state index contributed by atoms with van der Waals surface area (Å²) in [6.45, 7) is 6.02. The third kappa shape index (κ3) is 2.79. The lowest BCUT2D eigenvalue weighted by atomic mass is 10.1. The number of methoxy groups -OCH3 is 1. The van der Waals surface area contributed by atoms with Crippen molar-refractivity contribution in [2.24, 2.45) is 0 Å². The Bertz CT molecular complexity index is 354. The van der Waals surface area contributed by atoms with Crippen molar-refractivity contribution in [3.05, 3.63) is 29.8 Å². The van der Waals surface area contributed by atoms with E-state index in [9.17, 15) is 0 Å². The summed E-state index contributed by atoms with van der Waals surface area (Å²) in [5.74, 6) is 0. The third-order valence-electron chi connectivity index (χ3n) is 3.35. The van der Waals surface area contributed by atoms with Gasteiger partial charge in [0, 0.05) is 25.9 Å². The number of anilines is 1. The van der Waals surface area contributed by atoms with Crippen LogP contribution in [0.5, 0.6) is 0 Å². The number of nitrogens with zero attached hydrogens (tertiary/aromatic N) is 1. The summed E-state index contributed by atoms with van der Waals surface area (Å²) in [5.41, 5.74) is 2.84. The van der Waals surface area contributed by atoms with Crippen LogP contribution in [0.4, 0.5) is 5.69 Å². The Kier molecular flexibility index (Phi) is 4.40. The highest BCUT2D eigenvalue weighted by Gasteiger charge is 2.25. The largest absolute Gasteiger partial charge is 0.383 e. The molecular weight excluding hydrogens is 212 g/mol. The average Bonchev–Trinajstić information content (AvgIpc) is 2.78. The molecule has 1 aliphatic rings. The molecule has 0 radical (unpaired) electrons. The second-order valence-electron chi connectivity index (χ2n) is 4.49. The number of benzene rings is 1. The molecule has 1 aliphatic heterocycles. The van der Waals surface area contributed by atoms with Gasteiger partial charge in [0.15, 0.2) is 0 Å². The van der Waals surface area contributed by atoms with Crippen LogP contribution in [0.15, 0.2) is 24.3 Å². The van der Waals surface area contributed by atoms with E-state index in [1.54, 1.807) is 7.11 Å². The van der Waals surface area contributed by atoms with Gasteiger partial charge in [-0.25, -0.2) is 0 Å². The van der Waals surface area contributed by atoms with Crippen molar-refractivity contribution in [1.29, 1.82) is 0 Å². The summed E-state index contributed by atoms with van der Waals surface area (Å²) in [6, 6.07) is 9.12. The smallest absolute Gasteiger partial charge is 0.0678 e. The maximum atomic E-state index is 5.35. The summed E-state index contributed by atoms with van der Waals surface area (Å²) in [4.78, 5) is 2.47. The molecular formula is C14H22N2O. The molecule has 0 amide bonds. The molecule has 1 N–H and O–H groups in total. The zero-order valence-electron chi connectivity index (χ0n) is 10.8. The Morgan fingerprint density at radius 2 is 2.24 bits per heavy atom. The monoisotopic (exact) mass is 234 g/mol. The maximum absolute atomic E-state index is 5.35. The molecule has 0 bridgehead atoms. The van der Waals surface area contributed by atoms with Gasteiger partial charge in [-0.3, -0.25) is 0 Å². The molecule has 1 heterocycles. The molecule has 1 atom stereocenters. The number of ether oxygens (including phenoxy) is 1. The molecule has 3 nitrogen and oxygen atoms in total. The van der Waals surface area contributed by atoms with Gasteiger partial charge in [0.2, 0.25) is 0 Å². The lowest BCUT2D eigenvalue weighted by Gasteiger charge is -2.30. The van der Waals surface area contributed by atoms with Crippen molar-refractivity contribution in [3.8, 4) is 0 Å². The summed E-state index contributed by atoms with van der Waals surface area (Å²) < 4.78 is 5.35. The third-order valence-corrected chi connectivity index (χ3v) is 3.35. The van der Waals surface area contributed by atoms with E-state index in [1.807, 2.05) is 0 Å². The Labute approximate surface area is 104 Å². The van der Waals surface area contributed by atoms with Crippen LogP contribution in [0.2, 0.25) is 0 Å². The lowest BCUT2D eigenvalue weighted by molar-refractivity contribution is 0.176. The van der Waals surface area contributed by atoms with Gasteiger partial charge >= 0.3 is 0 Å². The summed E-state index contributed by atoms with van der Waals surface area (Å²) in [6.07, 6.45) is 1.16. The fourth-order valence-electron chi connectivity index (χ4n) is 2.51. The van der Waals surface area contributed by atoms with Crippen LogP contribution in [0.25, 0.3) is 0 Å².